The molecule has 23 heavy (non-hydrogen) atoms. The molecule has 0 aromatic heterocycles. The molecule has 0 aliphatic rings. The Morgan fingerprint density at radius 3 is 2.35 bits per heavy atom. The van der Waals surface area contributed by atoms with Gasteiger partial charge in [-0.3, -0.25) is 10.1 Å². The predicted molar refractivity (Wildman–Crippen MR) is 76.6 cm³/mol. The lowest BCUT2D eigenvalue weighted by molar-refractivity contribution is -0.385. The molecule has 0 aliphatic carbocycles. The summed E-state index contributed by atoms with van der Waals surface area (Å²) in [5.41, 5.74) is -1.34. The Kier molecular flexibility index (Phi) is 4.65. The van der Waals surface area contributed by atoms with Gasteiger partial charge in [0.1, 0.15) is 0 Å². The quantitative estimate of drug-likeness (QED) is 0.617. The van der Waals surface area contributed by atoms with Crippen LogP contribution in [0.15, 0.2) is 48.5 Å². The summed E-state index contributed by atoms with van der Waals surface area (Å²) >= 11 is 0. The van der Waals surface area contributed by atoms with Gasteiger partial charge in [-0.15, -0.1) is 0 Å². The van der Waals surface area contributed by atoms with Gasteiger partial charge in [0.25, 0.3) is 5.69 Å². The number of nitriles is 1. The van der Waals surface area contributed by atoms with E-state index in [2.05, 4.69) is 0 Å². The number of nitro groups is 1. The van der Waals surface area contributed by atoms with E-state index in [1.807, 2.05) is 6.07 Å². The number of halogens is 3. The highest BCUT2D eigenvalue weighted by atomic mass is 19.4. The molecule has 1 unspecified atom stereocenters. The van der Waals surface area contributed by atoms with Gasteiger partial charge >= 0.3 is 6.18 Å². The molecule has 4 nitrogen and oxygen atoms in total. The summed E-state index contributed by atoms with van der Waals surface area (Å²) in [4.78, 5) is 9.80. The van der Waals surface area contributed by atoms with E-state index in [0.29, 0.717) is 11.6 Å². The zero-order chi connectivity index (χ0) is 17.0. The Bertz CT molecular complexity index is 752. The summed E-state index contributed by atoms with van der Waals surface area (Å²) in [5, 5.41) is 20.0. The van der Waals surface area contributed by atoms with E-state index < -0.39 is 28.3 Å². The third-order valence-electron chi connectivity index (χ3n) is 3.37. The number of rotatable bonds is 4. The van der Waals surface area contributed by atoms with Crippen molar-refractivity contribution in [1.82, 2.24) is 0 Å². The Labute approximate surface area is 129 Å². The number of alkyl halides is 3. The Hall–Kier alpha value is -2.88. The van der Waals surface area contributed by atoms with Gasteiger partial charge in [0.05, 0.1) is 22.5 Å². The van der Waals surface area contributed by atoms with Crippen molar-refractivity contribution in [1.29, 1.82) is 5.26 Å². The smallest absolute Gasteiger partial charge is 0.258 e. The molecule has 0 heterocycles. The van der Waals surface area contributed by atoms with Crippen molar-refractivity contribution in [2.75, 3.05) is 0 Å². The molecule has 0 aliphatic heterocycles. The lowest BCUT2D eigenvalue weighted by Gasteiger charge is -2.16. The normalized spacial score (nSPS) is 12.4. The first-order valence-electron chi connectivity index (χ1n) is 6.62. The molecule has 0 bridgehead atoms. The van der Waals surface area contributed by atoms with Crippen molar-refractivity contribution in [3.63, 3.8) is 0 Å². The van der Waals surface area contributed by atoms with E-state index in [1.165, 1.54) is 0 Å². The highest BCUT2D eigenvalue weighted by Gasteiger charge is 2.37. The zero-order valence-corrected chi connectivity index (χ0v) is 11.7. The first kappa shape index (κ1) is 16.5. The summed E-state index contributed by atoms with van der Waals surface area (Å²) in [6.45, 7) is 0. The van der Waals surface area contributed by atoms with E-state index in [0.717, 1.165) is 12.1 Å². The van der Waals surface area contributed by atoms with Crippen molar-refractivity contribution < 1.29 is 18.1 Å². The fourth-order valence-corrected chi connectivity index (χ4v) is 2.28. The minimum atomic E-state index is -4.77. The van der Waals surface area contributed by atoms with Crippen molar-refractivity contribution in [3.8, 4) is 6.07 Å². The Balaban J connectivity index is 2.47. The third-order valence-corrected chi connectivity index (χ3v) is 3.37. The van der Waals surface area contributed by atoms with Crippen LogP contribution >= 0.6 is 0 Å². The number of hydrogen-bond donors (Lipinski definition) is 0. The van der Waals surface area contributed by atoms with Crippen LogP contribution in [0.2, 0.25) is 0 Å². The van der Waals surface area contributed by atoms with Crippen molar-refractivity contribution in [2.24, 2.45) is 0 Å². The summed E-state index contributed by atoms with van der Waals surface area (Å²) in [6, 6.07) is 13.0. The molecule has 1 atom stereocenters. The van der Waals surface area contributed by atoms with Crippen LogP contribution in [0.25, 0.3) is 0 Å². The molecule has 0 amide bonds. The van der Waals surface area contributed by atoms with Crippen LogP contribution < -0.4 is 0 Å². The molecule has 118 valence electrons. The Morgan fingerprint density at radius 2 is 1.83 bits per heavy atom. The molecule has 2 rings (SSSR count). The van der Waals surface area contributed by atoms with Crippen LogP contribution in [0.3, 0.4) is 0 Å². The third kappa shape index (κ3) is 3.86. The SMILES string of the molecule is N#CC(Cc1ccccc1)c1ccc([N+](=O)[O-])cc1C(F)(F)F. The van der Waals surface area contributed by atoms with Gasteiger partial charge < -0.3 is 0 Å². The van der Waals surface area contributed by atoms with E-state index in [1.54, 1.807) is 30.3 Å². The molecular weight excluding hydrogens is 309 g/mol. The van der Waals surface area contributed by atoms with Crippen molar-refractivity contribution >= 4 is 5.69 Å². The number of non-ortho nitro benzene ring substituents is 1. The van der Waals surface area contributed by atoms with Crippen LogP contribution in [-0.4, -0.2) is 4.92 Å². The van der Waals surface area contributed by atoms with E-state index in [-0.39, 0.29) is 12.0 Å². The standard InChI is InChI=1S/C16H11F3N2O2/c17-16(18,19)15-9-13(21(22)23)6-7-14(15)12(10-20)8-11-4-2-1-3-5-11/h1-7,9,12H,8H2. The highest BCUT2D eigenvalue weighted by molar-refractivity contribution is 5.45. The van der Waals surface area contributed by atoms with E-state index >= 15 is 0 Å². The summed E-state index contributed by atoms with van der Waals surface area (Å²) in [7, 11) is 0. The second-order valence-electron chi connectivity index (χ2n) is 4.90. The van der Waals surface area contributed by atoms with Crippen LogP contribution in [0.4, 0.5) is 18.9 Å². The second kappa shape index (κ2) is 6.48. The molecular formula is C16H11F3N2O2. The first-order valence-corrected chi connectivity index (χ1v) is 6.62. The lowest BCUT2D eigenvalue weighted by Crippen LogP contribution is -2.13. The first-order chi connectivity index (χ1) is 10.8. The zero-order valence-electron chi connectivity index (χ0n) is 11.7. The minimum Gasteiger partial charge on any atom is -0.258 e. The molecule has 0 fully saturated rings. The molecule has 2 aromatic carbocycles. The topological polar surface area (TPSA) is 66.9 Å². The van der Waals surface area contributed by atoms with Gasteiger partial charge in [-0.2, -0.15) is 18.4 Å². The average Bonchev–Trinajstić information content (AvgIpc) is 2.52. The molecule has 7 heteroatoms. The Morgan fingerprint density at radius 1 is 1.17 bits per heavy atom. The van der Waals surface area contributed by atoms with Gasteiger partial charge in [0.15, 0.2) is 0 Å². The molecule has 0 spiro atoms. The second-order valence-corrected chi connectivity index (χ2v) is 4.90. The molecule has 0 N–H and O–H groups in total. The maximum Gasteiger partial charge on any atom is 0.416 e. The maximum absolute atomic E-state index is 13.2. The van der Waals surface area contributed by atoms with Gasteiger partial charge in [-0.25, -0.2) is 0 Å². The van der Waals surface area contributed by atoms with Crippen LogP contribution in [0.5, 0.6) is 0 Å². The van der Waals surface area contributed by atoms with Crippen LogP contribution in [0, 0.1) is 21.4 Å². The highest BCUT2D eigenvalue weighted by Crippen LogP contribution is 2.38. The molecule has 0 saturated carbocycles. The predicted octanol–water partition coefficient (Wildman–Crippen LogP) is 4.46. The fourth-order valence-electron chi connectivity index (χ4n) is 2.28. The fraction of sp³-hybridized carbons (Fsp3) is 0.188. The van der Waals surface area contributed by atoms with Crippen molar-refractivity contribution in [3.05, 3.63) is 75.3 Å². The molecule has 0 radical (unpaired) electrons. The van der Waals surface area contributed by atoms with Crippen molar-refractivity contribution in [2.45, 2.75) is 18.5 Å². The van der Waals surface area contributed by atoms with Crippen LogP contribution in [-0.2, 0) is 12.6 Å². The van der Waals surface area contributed by atoms with Gasteiger partial charge in [0.2, 0.25) is 0 Å². The number of benzene rings is 2. The molecule has 2 aromatic rings. The largest absolute Gasteiger partial charge is 0.416 e. The summed E-state index contributed by atoms with van der Waals surface area (Å²) in [6.07, 6.45) is -4.68. The van der Waals surface area contributed by atoms with E-state index in [4.69, 9.17) is 0 Å². The summed E-state index contributed by atoms with van der Waals surface area (Å²) in [5.74, 6) is -1.05. The lowest BCUT2D eigenvalue weighted by atomic mass is 9.89. The average molecular weight is 320 g/mol. The maximum atomic E-state index is 13.2. The van der Waals surface area contributed by atoms with Crippen LogP contribution in [0.1, 0.15) is 22.6 Å². The van der Waals surface area contributed by atoms with Gasteiger partial charge in [0, 0.05) is 12.1 Å². The molecule has 0 saturated heterocycles. The number of nitro benzene ring substituents is 1. The van der Waals surface area contributed by atoms with Gasteiger partial charge in [-0.1, -0.05) is 36.4 Å². The van der Waals surface area contributed by atoms with Gasteiger partial charge in [-0.05, 0) is 17.5 Å². The minimum absolute atomic E-state index is 0.0955. The van der Waals surface area contributed by atoms with E-state index in [9.17, 15) is 28.5 Å². The summed E-state index contributed by atoms with van der Waals surface area (Å²) < 4.78 is 39.6. The number of hydrogen-bond acceptors (Lipinski definition) is 3. The number of nitrogens with zero attached hydrogens (tertiary/aromatic N) is 2. The monoisotopic (exact) mass is 320 g/mol.